The molecule has 0 fully saturated rings. The Morgan fingerprint density at radius 3 is 2.27 bits per heavy atom. The van der Waals surface area contributed by atoms with E-state index in [4.69, 9.17) is 18.9 Å². The molecule has 0 radical (unpaired) electrons. The number of ether oxygens (including phenoxy) is 4. The molecule has 206 valence electrons. The molecule has 3 aromatic carbocycles. The quantitative estimate of drug-likeness (QED) is 0.361. The zero-order chi connectivity index (χ0) is 28.2. The number of carbonyl (C=O) groups excluding carboxylic acids is 2. The fourth-order valence-electron chi connectivity index (χ4n) is 5.58. The van der Waals surface area contributed by atoms with Crippen molar-refractivity contribution in [1.82, 2.24) is 5.32 Å². The third-order valence-electron chi connectivity index (χ3n) is 7.58. The van der Waals surface area contributed by atoms with Crippen LogP contribution in [-0.4, -0.2) is 33.1 Å². The fraction of sp³-hybridized carbons (Fsp3) is 0.273. The predicted molar refractivity (Wildman–Crippen MR) is 151 cm³/mol. The predicted octanol–water partition coefficient (Wildman–Crippen LogP) is 5.82. The van der Waals surface area contributed by atoms with Gasteiger partial charge in [0, 0.05) is 29.3 Å². The van der Waals surface area contributed by atoms with E-state index in [2.05, 4.69) is 5.32 Å². The average Bonchev–Trinajstić information content (AvgIpc) is 2.99. The number of carbonyl (C=O) groups is 2. The van der Waals surface area contributed by atoms with E-state index in [9.17, 15) is 9.59 Å². The van der Waals surface area contributed by atoms with E-state index in [-0.39, 0.29) is 11.7 Å². The molecule has 0 spiro atoms. The molecule has 1 N–H and O–H groups in total. The second-order valence-corrected chi connectivity index (χ2v) is 9.97. The van der Waals surface area contributed by atoms with Crippen molar-refractivity contribution in [2.45, 2.75) is 38.2 Å². The number of Topliss-reactive ketones (excluding diaryl/α,β-unsaturated/α-hetero) is 1. The first kappa shape index (κ1) is 27.1. The molecule has 0 bridgehead atoms. The maximum Gasteiger partial charge on any atom is 0.336 e. The minimum absolute atomic E-state index is 0.00292. The first-order valence-electron chi connectivity index (χ1n) is 13.2. The van der Waals surface area contributed by atoms with Crippen LogP contribution < -0.4 is 19.5 Å². The third-order valence-corrected chi connectivity index (χ3v) is 7.58. The largest absolute Gasteiger partial charge is 0.497 e. The number of benzene rings is 3. The smallest absolute Gasteiger partial charge is 0.336 e. The molecule has 0 amide bonds. The monoisotopic (exact) mass is 539 g/mol. The van der Waals surface area contributed by atoms with Crippen LogP contribution in [0.15, 0.2) is 95.3 Å². The van der Waals surface area contributed by atoms with Crippen LogP contribution >= 0.6 is 0 Å². The van der Waals surface area contributed by atoms with Gasteiger partial charge in [-0.2, -0.15) is 0 Å². The lowest BCUT2D eigenvalue weighted by Crippen LogP contribution is -2.36. The third kappa shape index (κ3) is 5.32. The summed E-state index contributed by atoms with van der Waals surface area (Å²) in [5.41, 5.74) is 5.37. The van der Waals surface area contributed by atoms with E-state index in [0.29, 0.717) is 47.8 Å². The highest BCUT2D eigenvalue weighted by Gasteiger charge is 2.41. The summed E-state index contributed by atoms with van der Waals surface area (Å²) >= 11 is 0. The van der Waals surface area contributed by atoms with E-state index in [1.807, 2.05) is 79.7 Å². The van der Waals surface area contributed by atoms with Gasteiger partial charge in [-0.05, 0) is 60.2 Å². The highest BCUT2D eigenvalue weighted by atomic mass is 16.5. The van der Waals surface area contributed by atoms with Gasteiger partial charge in [-0.25, -0.2) is 4.79 Å². The first-order chi connectivity index (χ1) is 19.4. The second-order valence-electron chi connectivity index (χ2n) is 9.97. The molecule has 7 heteroatoms. The maximum absolute atomic E-state index is 13.8. The van der Waals surface area contributed by atoms with Crippen molar-refractivity contribution in [3.63, 3.8) is 0 Å². The Kier molecular flexibility index (Phi) is 7.91. The number of allylic oxidation sites excluding steroid dienone is 3. The van der Waals surface area contributed by atoms with Gasteiger partial charge in [-0.15, -0.1) is 0 Å². The van der Waals surface area contributed by atoms with E-state index in [1.165, 1.54) is 7.11 Å². The van der Waals surface area contributed by atoms with Crippen molar-refractivity contribution in [1.29, 1.82) is 0 Å². The summed E-state index contributed by atoms with van der Waals surface area (Å²) < 4.78 is 22.2. The fourth-order valence-corrected chi connectivity index (χ4v) is 5.58. The van der Waals surface area contributed by atoms with Crippen molar-refractivity contribution in [3.8, 4) is 17.2 Å². The summed E-state index contributed by atoms with van der Waals surface area (Å²) in [4.78, 5) is 26.9. The highest BCUT2D eigenvalue weighted by molar-refractivity contribution is 6.04. The highest BCUT2D eigenvalue weighted by Crippen LogP contribution is 2.47. The van der Waals surface area contributed by atoms with Gasteiger partial charge < -0.3 is 24.3 Å². The lowest BCUT2D eigenvalue weighted by atomic mass is 9.71. The van der Waals surface area contributed by atoms with Crippen LogP contribution in [0.5, 0.6) is 17.2 Å². The van der Waals surface area contributed by atoms with Gasteiger partial charge in [-0.3, -0.25) is 4.79 Å². The van der Waals surface area contributed by atoms with Gasteiger partial charge in [0.05, 0.1) is 26.9 Å². The van der Waals surface area contributed by atoms with Gasteiger partial charge in [0.25, 0.3) is 0 Å². The number of nitrogens with one attached hydrogen (secondary N) is 1. The summed E-state index contributed by atoms with van der Waals surface area (Å²) in [7, 11) is 4.56. The number of dihydropyridines is 1. The van der Waals surface area contributed by atoms with Gasteiger partial charge in [-0.1, -0.05) is 48.5 Å². The Labute approximate surface area is 234 Å². The van der Waals surface area contributed by atoms with Crippen molar-refractivity contribution in [2.75, 3.05) is 21.3 Å². The minimum atomic E-state index is -0.593. The van der Waals surface area contributed by atoms with E-state index >= 15 is 0 Å². The van der Waals surface area contributed by atoms with E-state index in [1.54, 1.807) is 14.2 Å². The first-order valence-corrected chi connectivity index (χ1v) is 13.2. The lowest BCUT2D eigenvalue weighted by Gasteiger charge is -2.36. The standard InChI is InChI=1S/C33H33NO6/c1-20-30(33(36)39-4)31(23-12-15-28(29(18-23)38-3)40-19-21-8-6-5-7-9-21)32-26(34-20)16-24(17-27(32)35)22-10-13-25(37-2)14-11-22/h5-15,18,24,31,34H,16-17,19H2,1-4H3/t24-,31-/m1/s1. The molecule has 3 aromatic rings. The molecule has 0 saturated carbocycles. The molecular weight excluding hydrogens is 506 g/mol. The summed E-state index contributed by atoms with van der Waals surface area (Å²) in [6.07, 6.45) is 0.983. The Morgan fingerprint density at radius 2 is 1.60 bits per heavy atom. The number of rotatable bonds is 8. The number of hydrogen-bond donors (Lipinski definition) is 1. The summed E-state index contributed by atoms with van der Waals surface area (Å²) in [6.45, 7) is 2.23. The molecule has 1 aliphatic heterocycles. The Hall–Kier alpha value is -4.52. The lowest BCUT2D eigenvalue weighted by molar-refractivity contribution is -0.136. The number of ketones is 1. The summed E-state index contributed by atoms with van der Waals surface area (Å²) in [6, 6.07) is 23.3. The molecule has 5 rings (SSSR count). The molecule has 0 saturated heterocycles. The van der Waals surface area contributed by atoms with Crippen molar-refractivity contribution in [2.24, 2.45) is 0 Å². The normalized spacial score (nSPS) is 18.6. The van der Waals surface area contributed by atoms with Gasteiger partial charge in [0.2, 0.25) is 0 Å². The van der Waals surface area contributed by atoms with E-state index in [0.717, 1.165) is 28.1 Å². The molecule has 2 atom stereocenters. The van der Waals surface area contributed by atoms with Crippen LogP contribution in [0.25, 0.3) is 0 Å². The van der Waals surface area contributed by atoms with Crippen LogP contribution in [0.3, 0.4) is 0 Å². The topological polar surface area (TPSA) is 83.1 Å². The number of esters is 1. The average molecular weight is 540 g/mol. The maximum atomic E-state index is 13.8. The molecule has 1 heterocycles. The molecule has 7 nitrogen and oxygen atoms in total. The SMILES string of the molecule is COC(=O)C1=C(C)NC2=C(C(=O)C[C@H](c3ccc(OC)cc3)C2)[C@@H]1c1ccc(OCc2ccccc2)c(OC)c1. The molecule has 1 aliphatic carbocycles. The van der Waals surface area contributed by atoms with E-state index < -0.39 is 11.9 Å². The van der Waals surface area contributed by atoms with Crippen LogP contribution in [0, 0.1) is 0 Å². The van der Waals surface area contributed by atoms with Crippen LogP contribution in [0.4, 0.5) is 0 Å². The van der Waals surface area contributed by atoms with Gasteiger partial charge >= 0.3 is 5.97 Å². The Balaban J connectivity index is 1.51. The van der Waals surface area contributed by atoms with Crippen LogP contribution in [0.2, 0.25) is 0 Å². The molecule has 0 unspecified atom stereocenters. The van der Waals surface area contributed by atoms with Crippen LogP contribution in [0.1, 0.15) is 48.3 Å². The zero-order valence-corrected chi connectivity index (χ0v) is 23.2. The Morgan fingerprint density at radius 1 is 0.875 bits per heavy atom. The summed E-state index contributed by atoms with van der Waals surface area (Å²) in [5.74, 6) is 0.815. The molecular formula is C33H33NO6. The van der Waals surface area contributed by atoms with Crippen molar-refractivity contribution in [3.05, 3.63) is 112 Å². The van der Waals surface area contributed by atoms with Crippen molar-refractivity contribution < 1.29 is 28.5 Å². The summed E-state index contributed by atoms with van der Waals surface area (Å²) in [5, 5.41) is 3.37. The van der Waals surface area contributed by atoms with Gasteiger partial charge in [0.1, 0.15) is 12.4 Å². The van der Waals surface area contributed by atoms with Crippen LogP contribution in [-0.2, 0) is 20.9 Å². The van der Waals surface area contributed by atoms with Crippen molar-refractivity contribution >= 4 is 11.8 Å². The number of hydrogen-bond acceptors (Lipinski definition) is 7. The molecule has 2 aliphatic rings. The van der Waals surface area contributed by atoms with Gasteiger partial charge in [0.15, 0.2) is 17.3 Å². The minimum Gasteiger partial charge on any atom is -0.497 e. The molecule has 40 heavy (non-hydrogen) atoms. The molecule has 0 aromatic heterocycles. The number of methoxy groups -OCH3 is 3. The second kappa shape index (κ2) is 11.7. The zero-order valence-electron chi connectivity index (χ0n) is 23.2. The Bertz CT molecular complexity index is 1470.